The van der Waals surface area contributed by atoms with Gasteiger partial charge in [-0.1, -0.05) is 328 Å². The largest absolute Gasteiger partial charge is 0.344 e. The molecule has 29 rings (SSSR count). The Balaban J connectivity index is 0.000000109. The summed E-state index contributed by atoms with van der Waals surface area (Å²) < 4.78 is 23.4. The lowest BCUT2D eigenvalue weighted by atomic mass is 10.1. The summed E-state index contributed by atoms with van der Waals surface area (Å²) in [6.45, 7) is 28.6. The smallest absolute Gasteiger partial charge is 0.0641 e. The molecular weight excluding hydrogens is 1750 g/mol. The number of fused-ring (bicyclic) bond motifs is 32. The van der Waals surface area contributed by atoms with Gasteiger partial charge in [-0.2, -0.15) is 0 Å². The lowest BCUT2D eigenvalue weighted by Crippen LogP contribution is -1.95. The quantitative estimate of drug-likeness (QED) is 0.169. The van der Waals surface area contributed by atoms with Crippen molar-refractivity contribution < 1.29 is 0 Å². The summed E-state index contributed by atoms with van der Waals surface area (Å²) in [5.74, 6) is 0. The fraction of sp³-hybridized carbons (Fsp3) is 0.149. The highest BCUT2D eigenvalue weighted by atomic mass is 15.0. The van der Waals surface area contributed by atoms with Crippen molar-refractivity contribution in [2.45, 2.75) is 96.9 Å². The number of hydrogen-bond donors (Lipinski definition) is 0. The highest BCUT2D eigenvalue weighted by Gasteiger charge is 2.25. The third-order valence-electron chi connectivity index (χ3n) is 29.0. The number of benzene rings is 19. The summed E-state index contributed by atoms with van der Waals surface area (Å²) in [5.41, 5.74) is 35.3. The predicted molar refractivity (Wildman–Crippen MR) is 629 cm³/mol. The van der Waals surface area contributed by atoms with Crippen LogP contribution in [0.25, 0.3) is 241 Å². The molecule has 0 aliphatic rings. The average Bonchev–Trinajstić information content (AvgIpc) is 1.55. The first-order valence-electron chi connectivity index (χ1n) is 51.4. The molecule has 0 radical (unpaired) electrons. The number of para-hydroxylation sites is 10. The normalized spacial score (nSPS) is 11.3. The van der Waals surface area contributed by atoms with E-state index >= 15 is 0 Å². The van der Waals surface area contributed by atoms with Crippen LogP contribution in [0, 0.1) is 27.7 Å². The molecule has 0 aliphatic heterocycles. The van der Waals surface area contributed by atoms with Crippen LogP contribution in [0.15, 0.2) is 400 Å². The van der Waals surface area contributed by atoms with Gasteiger partial charge in [0, 0.05) is 228 Å². The van der Waals surface area contributed by atoms with E-state index in [1.54, 1.807) is 0 Å². The average molecular weight is 1880 g/mol. The van der Waals surface area contributed by atoms with Crippen LogP contribution in [0.1, 0.15) is 91.5 Å². The maximum absolute atomic E-state index is 2.44. The van der Waals surface area contributed by atoms with Crippen molar-refractivity contribution in [3.8, 4) is 22.7 Å². The Hall–Kier alpha value is -16.8. The van der Waals surface area contributed by atoms with Gasteiger partial charge in [0.2, 0.25) is 0 Å². The van der Waals surface area contributed by atoms with Crippen LogP contribution in [-0.2, 0) is 42.3 Å². The summed E-state index contributed by atoms with van der Waals surface area (Å²) in [5, 5.41) is 26.3. The minimum absolute atomic E-state index is 1.19. The molecule has 0 spiro atoms. The van der Waals surface area contributed by atoms with Gasteiger partial charge in [-0.25, -0.2) is 0 Å². The van der Waals surface area contributed by atoms with Gasteiger partial charge in [0.15, 0.2) is 0 Å². The van der Waals surface area contributed by atoms with Gasteiger partial charge < -0.3 is 45.7 Å². The van der Waals surface area contributed by atoms with E-state index in [4.69, 9.17) is 0 Å². The van der Waals surface area contributed by atoms with Crippen molar-refractivity contribution >= 4 is 218 Å². The Bertz CT molecular complexity index is 9420. The summed E-state index contributed by atoms with van der Waals surface area (Å²) in [7, 11) is 12.9. The van der Waals surface area contributed by atoms with Crippen LogP contribution < -0.4 is 0 Å². The van der Waals surface area contributed by atoms with E-state index in [-0.39, 0.29) is 0 Å². The van der Waals surface area contributed by atoms with Crippen molar-refractivity contribution in [2.24, 2.45) is 42.3 Å². The molecule has 144 heavy (non-hydrogen) atoms. The van der Waals surface area contributed by atoms with Crippen LogP contribution in [0.5, 0.6) is 0 Å². The van der Waals surface area contributed by atoms with E-state index in [1.807, 2.05) is 69.2 Å². The van der Waals surface area contributed by atoms with E-state index in [1.165, 1.54) is 263 Å². The molecule has 19 aromatic carbocycles. The standard InChI is InChI=1S/2C32H24N2.3C20H16N2.5C2H6/c1-21-11-15-23(16-12-21)33-29-9-5-3-7-25(29)27-20-32-28(19-31(27)33)26-8-4-6-10-30(26)34(32)24-17-13-22(2)14-18-24;1-21-11-15-23(16-12-21)33-29-10-6-4-8-27(29)31-30(33)20-19-26-25-7-3-5-9-28(25)34(32(26)31)24-17-13-22(2)14-18-24;1-21-17-9-5-3-7-13(17)15-12-20-16(11-19(15)21)14-8-4-6-10-18(14)22(20)2;1-21-17-9-5-3-7-13(17)15-11-16-14-8-4-6-10-18(14)22(2)20(16)12-19(15)21;1-21-15-9-5-3-7-13(15)19-17(21)11-12-18-20(19)14-8-4-6-10-16(14)22(18)2;5*1-2/h2*3-20H,1-2H3;3*3-12H,1-2H3;5*1-2H3. The van der Waals surface area contributed by atoms with E-state index < -0.39 is 0 Å². The molecule has 0 unspecified atom stereocenters. The summed E-state index contributed by atoms with van der Waals surface area (Å²) in [4.78, 5) is 0. The zero-order valence-electron chi connectivity index (χ0n) is 86.6. The maximum Gasteiger partial charge on any atom is 0.0641 e. The van der Waals surface area contributed by atoms with Crippen LogP contribution in [0.4, 0.5) is 0 Å². The molecule has 10 heterocycles. The van der Waals surface area contributed by atoms with Crippen LogP contribution in [0.2, 0.25) is 0 Å². The molecule has 712 valence electrons. The Morgan fingerprint density at radius 2 is 0.319 bits per heavy atom. The monoisotopic (exact) mass is 1880 g/mol. The molecule has 0 aliphatic carbocycles. The van der Waals surface area contributed by atoms with Gasteiger partial charge in [-0.05, 0) is 191 Å². The second kappa shape index (κ2) is 39.7. The maximum atomic E-state index is 2.44. The Kier molecular flexibility index (Phi) is 26.1. The lowest BCUT2D eigenvalue weighted by Gasteiger charge is -2.10. The van der Waals surface area contributed by atoms with Gasteiger partial charge in [0.05, 0.1) is 55.2 Å². The molecule has 10 aromatic heterocycles. The third-order valence-corrected chi connectivity index (χ3v) is 29.0. The third kappa shape index (κ3) is 15.7. The van der Waals surface area contributed by atoms with Crippen molar-refractivity contribution in [3.63, 3.8) is 0 Å². The molecule has 0 atom stereocenters. The second-order valence-corrected chi connectivity index (χ2v) is 36.6. The molecule has 0 saturated carbocycles. The molecule has 0 fully saturated rings. The fourth-order valence-electron chi connectivity index (χ4n) is 22.3. The van der Waals surface area contributed by atoms with E-state index in [0.29, 0.717) is 0 Å². The topological polar surface area (TPSA) is 49.3 Å². The van der Waals surface area contributed by atoms with E-state index in [0.717, 1.165) is 0 Å². The molecule has 0 bridgehead atoms. The lowest BCUT2D eigenvalue weighted by molar-refractivity contribution is 1.00. The molecule has 0 saturated heterocycles. The first kappa shape index (κ1) is 94.8. The number of aromatic nitrogens is 10. The summed E-state index contributed by atoms with van der Waals surface area (Å²) in [6, 6.07) is 146. The van der Waals surface area contributed by atoms with Crippen LogP contribution in [-0.4, -0.2) is 45.7 Å². The van der Waals surface area contributed by atoms with E-state index in [9.17, 15) is 0 Å². The van der Waals surface area contributed by atoms with Gasteiger partial charge >= 0.3 is 0 Å². The molecule has 29 aromatic rings. The van der Waals surface area contributed by atoms with Crippen LogP contribution in [0.3, 0.4) is 0 Å². The summed E-state index contributed by atoms with van der Waals surface area (Å²) in [6.07, 6.45) is 0. The van der Waals surface area contributed by atoms with Gasteiger partial charge in [-0.3, -0.25) is 0 Å². The highest BCUT2D eigenvalue weighted by molar-refractivity contribution is 6.30. The molecular formula is C134H126N10. The SMILES string of the molecule is CC.CC.CC.CC.CC.Cc1ccc(-n2c3ccccc3c3c2ccc2c4ccccc4n(-c4ccc(C)cc4)c23)cc1.Cc1ccc(-n2c3ccccc3c3cc4c(cc32)c2ccccc2n4-c2ccc(C)cc2)cc1.Cn1c2ccccc2c2c3c4ccccc4n(C)c3ccc21.Cn1c2ccccc2c2cc3c(cc21)c1ccccc1n3C.Cn1c2ccccc2c2cc3c4ccccc4n(C)c3cc21. The number of aryl methyl sites for hydroxylation is 10. The first-order chi connectivity index (χ1) is 70.7. The molecule has 0 N–H and O–H groups in total. The van der Waals surface area contributed by atoms with Gasteiger partial charge in [-0.15, -0.1) is 0 Å². The summed E-state index contributed by atoms with van der Waals surface area (Å²) >= 11 is 0. The van der Waals surface area contributed by atoms with Crippen molar-refractivity contribution in [2.75, 3.05) is 0 Å². The van der Waals surface area contributed by atoms with Crippen molar-refractivity contribution in [3.05, 3.63) is 423 Å². The van der Waals surface area contributed by atoms with Crippen molar-refractivity contribution in [1.82, 2.24) is 45.7 Å². The number of hydrogen-bond acceptors (Lipinski definition) is 0. The fourth-order valence-corrected chi connectivity index (χ4v) is 22.3. The minimum atomic E-state index is 1.19. The number of rotatable bonds is 4. The Morgan fingerprint density at radius 1 is 0.125 bits per heavy atom. The van der Waals surface area contributed by atoms with Gasteiger partial charge in [0.1, 0.15) is 0 Å². The Labute approximate surface area is 842 Å². The zero-order valence-corrected chi connectivity index (χ0v) is 86.6. The number of nitrogens with zero attached hydrogens (tertiary/aromatic N) is 10. The highest BCUT2D eigenvalue weighted by Crippen LogP contribution is 2.47. The second-order valence-electron chi connectivity index (χ2n) is 36.6. The molecule has 0 amide bonds. The van der Waals surface area contributed by atoms with Crippen molar-refractivity contribution in [1.29, 1.82) is 0 Å². The first-order valence-corrected chi connectivity index (χ1v) is 51.4. The zero-order chi connectivity index (χ0) is 100. The Morgan fingerprint density at radius 3 is 0.632 bits per heavy atom. The predicted octanol–water partition coefficient (Wildman–Crippen LogP) is 37.1. The molecule has 10 nitrogen and oxygen atoms in total. The van der Waals surface area contributed by atoms with Gasteiger partial charge in [0.25, 0.3) is 0 Å². The van der Waals surface area contributed by atoms with Crippen LogP contribution >= 0.6 is 0 Å². The minimum Gasteiger partial charge on any atom is -0.344 e. The molecule has 10 heteroatoms. The van der Waals surface area contributed by atoms with E-state index in [2.05, 4.69) is 516 Å².